The lowest BCUT2D eigenvalue weighted by Gasteiger charge is -2.13. The van der Waals surface area contributed by atoms with Crippen LogP contribution in [0.2, 0.25) is 0 Å². The number of nitrogens with one attached hydrogen (secondary N) is 1. The first-order valence-corrected chi connectivity index (χ1v) is 11.7. The van der Waals surface area contributed by atoms with E-state index in [4.69, 9.17) is 19.2 Å². The highest BCUT2D eigenvalue weighted by Crippen LogP contribution is 2.15. The zero-order chi connectivity index (χ0) is 27.8. The van der Waals surface area contributed by atoms with E-state index in [2.05, 4.69) is 20.4 Å². The number of aliphatic carboxylic acids is 2. The van der Waals surface area contributed by atoms with E-state index in [1.165, 1.54) is 0 Å². The van der Waals surface area contributed by atoms with E-state index in [0.717, 1.165) is 30.8 Å². The maximum atomic E-state index is 11.2. The van der Waals surface area contributed by atoms with Gasteiger partial charge in [0.05, 0.1) is 19.6 Å². The number of aryl methyl sites for hydroxylation is 1. The summed E-state index contributed by atoms with van der Waals surface area (Å²) in [4.78, 5) is 28.7. The van der Waals surface area contributed by atoms with Gasteiger partial charge in [0.15, 0.2) is 5.82 Å². The molecule has 1 unspecified atom stereocenters. The number of alkyl halides is 3. The predicted octanol–water partition coefficient (Wildman–Crippen LogP) is 4.38. The summed E-state index contributed by atoms with van der Waals surface area (Å²) in [7, 11) is 0. The van der Waals surface area contributed by atoms with Crippen molar-refractivity contribution in [3.05, 3.63) is 72.0 Å². The average molecular weight is 539 g/mol. The molecule has 0 fully saturated rings. The summed E-state index contributed by atoms with van der Waals surface area (Å²) in [6, 6.07) is 15.5. The molecule has 0 spiro atoms. The van der Waals surface area contributed by atoms with Gasteiger partial charge >= 0.3 is 18.1 Å². The lowest BCUT2D eigenvalue weighted by molar-refractivity contribution is -0.192. The minimum Gasteiger partial charge on any atom is -0.481 e. The van der Waals surface area contributed by atoms with Crippen LogP contribution in [-0.4, -0.2) is 56.6 Å². The Kier molecular flexibility index (Phi) is 12.7. The van der Waals surface area contributed by atoms with Crippen LogP contribution in [0.25, 0.3) is 0 Å². The molecule has 0 amide bonds. The Labute approximate surface area is 216 Å². The van der Waals surface area contributed by atoms with Gasteiger partial charge in [0.2, 0.25) is 5.89 Å². The molecule has 0 saturated heterocycles. The largest absolute Gasteiger partial charge is 0.490 e. The molecule has 0 saturated carbocycles. The molecule has 3 rings (SSSR count). The fourth-order valence-electron chi connectivity index (χ4n) is 3.17. The standard InChI is InChI=1S/C23H28N4O4.C2HF3O2/c28-23(29)15-19(17-30-16-18-8-2-1-3-9-18)14-22-26-21(27-31-22)11-5-7-13-25-20-10-4-6-12-24-20;3-2(4,5)1(6)7/h1-4,6,8-10,12,19H,5,7,11,13-17H2,(H,24,25)(H,28,29);(H,6,7). The molecule has 1 atom stereocenters. The van der Waals surface area contributed by atoms with Crippen LogP contribution in [0.1, 0.15) is 36.5 Å². The first kappa shape index (κ1) is 30.2. The normalized spacial score (nSPS) is 11.8. The maximum Gasteiger partial charge on any atom is 0.490 e. The number of unbranched alkanes of at least 4 members (excludes halogenated alkanes) is 1. The molecule has 2 aromatic heterocycles. The molecule has 3 N–H and O–H groups in total. The summed E-state index contributed by atoms with van der Waals surface area (Å²) in [5.41, 5.74) is 1.05. The number of benzene rings is 1. The first-order chi connectivity index (χ1) is 18.1. The van der Waals surface area contributed by atoms with Crippen molar-refractivity contribution >= 4 is 17.8 Å². The Hall–Kier alpha value is -4.00. The molecule has 13 heteroatoms. The summed E-state index contributed by atoms with van der Waals surface area (Å²) in [5, 5.41) is 23.6. The fraction of sp³-hybridized carbons (Fsp3) is 0.400. The Morgan fingerprint density at radius 2 is 1.76 bits per heavy atom. The van der Waals surface area contributed by atoms with Gasteiger partial charge in [-0.05, 0) is 30.5 Å². The molecule has 0 aliphatic carbocycles. The number of carboxylic acid groups (broad SMARTS) is 2. The molecule has 1 aromatic carbocycles. The van der Waals surface area contributed by atoms with E-state index in [-0.39, 0.29) is 12.3 Å². The molecule has 10 nitrogen and oxygen atoms in total. The lowest BCUT2D eigenvalue weighted by Crippen LogP contribution is -2.21. The molecular weight excluding hydrogens is 509 g/mol. The van der Waals surface area contributed by atoms with Crippen LogP contribution in [0, 0.1) is 5.92 Å². The second-order valence-corrected chi connectivity index (χ2v) is 8.17. The minimum absolute atomic E-state index is 0.00824. The second kappa shape index (κ2) is 16.0. The predicted molar refractivity (Wildman–Crippen MR) is 129 cm³/mol. The minimum atomic E-state index is -5.08. The number of aromatic nitrogens is 3. The summed E-state index contributed by atoms with van der Waals surface area (Å²) in [5.74, 6) is -1.88. The number of pyridine rings is 1. The number of carbonyl (C=O) groups is 2. The van der Waals surface area contributed by atoms with Gasteiger partial charge in [-0.2, -0.15) is 18.2 Å². The molecular formula is C25H29F3N4O6. The highest BCUT2D eigenvalue weighted by atomic mass is 19.4. The third-order valence-corrected chi connectivity index (χ3v) is 4.94. The molecule has 2 heterocycles. The van der Waals surface area contributed by atoms with Crippen molar-refractivity contribution in [2.45, 2.75) is 44.9 Å². The van der Waals surface area contributed by atoms with Gasteiger partial charge in [-0.1, -0.05) is 41.6 Å². The molecule has 0 aliphatic heterocycles. The van der Waals surface area contributed by atoms with E-state index in [0.29, 0.717) is 37.8 Å². The van der Waals surface area contributed by atoms with Gasteiger partial charge in [0.1, 0.15) is 5.82 Å². The van der Waals surface area contributed by atoms with E-state index in [1.807, 2.05) is 48.5 Å². The number of nitrogens with zero attached hydrogens (tertiary/aromatic N) is 3. The monoisotopic (exact) mass is 538 g/mol. The molecule has 0 bridgehead atoms. The van der Waals surface area contributed by atoms with Gasteiger partial charge in [-0.3, -0.25) is 4.79 Å². The topological polar surface area (TPSA) is 148 Å². The number of anilines is 1. The van der Waals surface area contributed by atoms with E-state index in [1.54, 1.807) is 6.20 Å². The second-order valence-electron chi connectivity index (χ2n) is 8.17. The van der Waals surface area contributed by atoms with Gasteiger partial charge < -0.3 is 24.8 Å². The number of hydrogen-bond acceptors (Lipinski definition) is 8. The number of ether oxygens (including phenoxy) is 1. The Balaban J connectivity index is 0.000000638. The van der Waals surface area contributed by atoms with Crippen LogP contribution in [0.4, 0.5) is 19.0 Å². The van der Waals surface area contributed by atoms with E-state index >= 15 is 0 Å². The quantitative estimate of drug-likeness (QED) is 0.253. The van der Waals surface area contributed by atoms with Crippen molar-refractivity contribution < 1.29 is 42.2 Å². The third kappa shape index (κ3) is 12.8. The van der Waals surface area contributed by atoms with Crippen molar-refractivity contribution in [1.29, 1.82) is 0 Å². The number of carboxylic acids is 2. The summed E-state index contributed by atoms with van der Waals surface area (Å²) in [6.07, 6.45) is -0.372. The molecule has 0 radical (unpaired) electrons. The van der Waals surface area contributed by atoms with Gasteiger partial charge in [-0.15, -0.1) is 0 Å². The van der Waals surface area contributed by atoms with Gasteiger partial charge in [0, 0.05) is 31.5 Å². The van der Waals surface area contributed by atoms with Crippen LogP contribution in [0.3, 0.4) is 0 Å². The zero-order valence-corrected chi connectivity index (χ0v) is 20.4. The first-order valence-electron chi connectivity index (χ1n) is 11.7. The van der Waals surface area contributed by atoms with Crippen LogP contribution >= 0.6 is 0 Å². The average Bonchev–Trinajstić information content (AvgIpc) is 3.31. The van der Waals surface area contributed by atoms with Crippen molar-refractivity contribution in [1.82, 2.24) is 15.1 Å². The lowest BCUT2D eigenvalue weighted by atomic mass is 10.0. The Morgan fingerprint density at radius 3 is 2.39 bits per heavy atom. The molecule has 0 aliphatic rings. The molecule has 3 aromatic rings. The van der Waals surface area contributed by atoms with Crippen molar-refractivity contribution in [3.8, 4) is 0 Å². The van der Waals surface area contributed by atoms with Crippen LogP contribution < -0.4 is 5.32 Å². The maximum absolute atomic E-state index is 11.2. The highest BCUT2D eigenvalue weighted by molar-refractivity contribution is 5.73. The number of halogens is 3. The molecule has 206 valence electrons. The highest BCUT2D eigenvalue weighted by Gasteiger charge is 2.38. The fourth-order valence-corrected chi connectivity index (χ4v) is 3.17. The zero-order valence-electron chi connectivity index (χ0n) is 20.4. The van der Waals surface area contributed by atoms with Gasteiger partial charge in [0.25, 0.3) is 0 Å². The van der Waals surface area contributed by atoms with Crippen LogP contribution in [0.5, 0.6) is 0 Å². The van der Waals surface area contributed by atoms with Crippen LogP contribution in [-0.2, 0) is 33.8 Å². The van der Waals surface area contributed by atoms with Crippen molar-refractivity contribution in [2.24, 2.45) is 5.92 Å². The van der Waals surface area contributed by atoms with Crippen molar-refractivity contribution in [2.75, 3.05) is 18.5 Å². The van der Waals surface area contributed by atoms with E-state index < -0.39 is 18.1 Å². The summed E-state index contributed by atoms with van der Waals surface area (Å²) in [6.45, 7) is 1.58. The third-order valence-electron chi connectivity index (χ3n) is 4.94. The number of hydrogen-bond donors (Lipinski definition) is 3. The summed E-state index contributed by atoms with van der Waals surface area (Å²) < 4.78 is 42.8. The van der Waals surface area contributed by atoms with Crippen molar-refractivity contribution in [3.63, 3.8) is 0 Å². The number of rotatable bonds is 14. The van der Waals surface area contributed by atoms with Crippen LogP contribution in [0.15, 0.2) is 59.3 Å². The molecule has 38 heavy (non-hydrogen) atoms. The van der Waals surface area contributed by atoms with Gasteiger partial charge in [-0.25, -0.2) is 9.78 Å². The summed E-state index contributed by atoms with van der Waals surface area (Å²) >= 11 is 0. The smallest absolute Gasteiger partial charge is 0.481 e. The Bertz CT molecular complexity index is 1100. The van der Waals surface area contributed by atoms with E-state index in [9.17, 15) is 23.1 Å². The SMILES string of the molecule is O=C(O)C(F)(F)F.O=C(O)CC(COCc1ccccc1)Cc1nc(CCCCNc2ccccn2)no1. The Morgan fingerprint density at radius 1 is 1.05 bits per heavy atom.